The molecule has 1 aliphatic rings. The molecule has 0 amide bonds. The van der Waals surface area contributed by atoms with E-state index in [2.05, 4.69) is 0 Å². The van der Waals surface area contributed by atoms with Gasteiger partial charge in [-0.3, -0.25) is 0 Å². The Balaban J connectivity index is 2.13. The number of sulfonamides is 1. The van der Waals surface area contributed by atoms with Crippen LogP contribution in [0.1, 0.15) is 18.4 Å². The van der Waals surface area contributed by atoms with Gasteiger partial charge < -0.3 is 5.11 Å². The molecule has 100 valence electrons. The summed E-state index contributed by atoms with van der Waals surface area (Å²) in [5, 5.41) is 9.23. The summed E-state index contributed by atoms with van der Waals surface area (Å²) >= 11 is 0. The topological polar surface area (TPSA) is 57.6 Å². The summed E-state index contributed by atoms with van der Waals surface area (Å²) < 4.78 is 26.1. The molecule has 1 N–H and O–H groups in total. The van der Waals surface area contributed by atoms with Crippen molar-refractivity contribution in [2.45, 2.75) is 30.8 Å². The Hall–Kier alpha value is -0.910. The number of hydrogen-bond donors (Lipinski definition) is 1. The third-order valence-corrected chi connectivity index (χ3v) is 5.49. The van der Waals surface area contributed by atoms with Gasteiger partial charge in [0.25, 0.3) is 0 Å². The summed E-state index contributed by atoms with van der Waals surface area (Å²) in [6, 6.07) is 7.00. The number of hydrogen-bond acceptors (Lipinski definition) is 3. The molecule has 1 aromatic carbocycles. The van der Waals surface area contributed by atoms with Crippen LogP contribution in [0, 0.1) is 12.8 Å². The predicted octanol–water partition coefficient (Wildman–Crippen LogP) is 1.39. The molecule has 0 atom stereocenters. The van der Waals surface area contributed by atoms with Gasteiger partial charge in [-0.2, -0.15) is 0 Å². The van der Waals surface area contributed by atoms with Crippen LogP contribution in [0.5, 0.6) is 0 Å². The predicted molar refractivity (Wildman–Crippen MR) is 69.7 cm³/mol. The highest BCUT2D eigenvalue weighted by atomic mass is 32.2. The molecule has 0 bridgehead atoms. The molecular formula is C13H19NO3S. The molecule has 1 aromatic rings. The normalized spacial score (nSPS) is 24.0. The monoisotopic (exact) mass is 269 g/mol. The quantitative estimate of drug-likeness (QED) is 0.898. The minimum Gasteiger partial charge on any atom is -0.393 e. The van der Waals surface area contributed by atoms with Crippen molar-refractivity contribution in [3.8, 4) is 0 Å². The number of aryl methyl sites for hydroxylation is 1. The Morgan fingerprint density at radius 1 is 1.33 bits per heavy atom. The Morgan fingerprint density at radius 3 is 2.50 bits per heavy atom. The van der Waals surface area contributed by atoms with Gasteiger partial charge in [-0.1, -0.05) is 18.2 Å². The third kappa shape index (κ3) is 2.58. The van der Waals surface area contributed by atoms with Crippen molar-refractivity contribution in [1.29, 1.82) is 0 Å². The third-order valence-electron chi connectivity index (χ3n) is 3.51. The van der Waals surface area contributed by atoms with Crippen molar-refractivity contribution < 1.29 is 13.5 Å². The Labute approximate surface area is 108 Å². The van der Waals surface area contributed by atoms with Gasteiger partial charge in [-0.05, 0) is 37.3 Å². The van der Waals surface area contributed by atoms with Gasteiger partial charge in [-0.25, -0.2) is 12.7 Å². The fourth-order valence-electron chi connectivity index (χ4n) is 2.33. The molecular weight excluding hydrogens is 250 g/mol. The lowest BCUT2D eigenvalue weighted by Crippen LogP contribution is -2.39. The second kappa shape index (κ2) is 4.99. The molecule has 1 aliphatic carbocycles. The fourth-order valence-corrected chi connectivity index (χ4v) is 3.79. The van der Waals surface area contributed by atoms with E-state index in [9.17, 15) is 13.5 Å². The van der Waals surface area contributed by atoms with Gasteiger partial charge in [0, 0.05) is 13.6 Å². The van der Waals surface area contributed by atoms with Crippen LogP contribution in [-0.4, -0.2) is 37.5 Å². The molecule has 1 saturated carbocycles. The minimum atomic E-state index is -3.41. The smallest absolute Gasteiger partial charge is 0.243 e. The van der Waals surface area contributed by atoms with Crippen LogP contribution in [0.25, 0.3) is 0 Å². The summed E-state index contributed by atoms with van der Waals surface area (Å²) in [6.45, 7) is 2.28. The number of rotatable bonds is 4. The lowest BCUT2D eigenvalue weighted by molar-refractivity contribution is 0.0367. The second-order valence-corrected chi connectivity index (χ2v) is 7.06. The standard InChI is InChI=1S/C13H19NO3S/c1-10-5-3-4-6-13(10)18(16,17)14(2)9-11-7-12(15)8-11/h3-6,11-12,15H,7-9H2,1-2H3. The van der Waals surface area contributed by atoms with Gasteiger partial charge in [0.15, 0.2) is 0 Å². The van der Waals surface area contributed by atoms with Gasteiger partial charge in [0.2, 0.25) is 10.0 Å². The van der Waals surface area contributed by atoms with E-state index in [1.54, 1.807) is 32.2 Å². The zero-order valence-corrected chi connectivity index (χ0v) is 11.5. The summed E-state index contributed by atoms with van der Waals surface area (Å²) in [4.78, 5) is 0.368. The van der Waals surface area contributed by atoms with E-state index < -0.39 is 10.0 Å². The van der Waals surface area contributed by atoms with E-state index >= 15 is 0 Å². The van der Waals surface area contributed by atoms with Crippen LogP contribution in [0.4, 0.5) is 0 Å². The lowest BCUT2D eigenvalue weighted by atomic mass is 9.82. The molecule has 0 radical (unpaired) electrons. The van der Waals surface area contributed by atoms with Crippen molar-refractivity contribution in [3.05, 3.63) is 29.8 Å². The maximum absolute atomic E-state index is 12.4. The first-order valence-corrected chi connectivity index (χ1v) is 7.55. The minimum absolute atomic E-state index is 0.246. The first kappa shape index (κ1) is 13.5. The van der Waals surface area contributed by atoms with E-state index in [-0.39, 0.29) is 12.0 Å². The molecule has 0 saturated heterocycles. The van der Waals surface area contributed by atoms with Crippen LogP contribution in [0.3, 0.4) is 0 Å². The van der Waals surface area contributed by atoms with Crippen molar-refractivity contribution >= 4 is 10.0 Å². The summed E-state index contributed by atoms with van der Waals surface area (Å²) in [5.41, 5.74) is 0.762. The second-order valence-electron chi connectivity index (χ2n) is 5.04. The molecule has 4 nitrogen and oxygen atoms in total. The maximum atomic E-state index is 12.4. The Morgan fingerprint density at radius 2 is 1.94 bits per heavy atom. The number of nitrogens with zero attached hydrogens (tertiary/aromatic N) is 1. The maximum Gasteiger partial charge on any atom is 0.243 e. The Kier molecular flexibility index (Phi) is 3.75. The van der Waals surface area contributed by atoms with E-state index in [1.807, 2.05) is 6.07 Å². The van der Waals surface area contributed by atoms with Crippen molar-refractivity contribution in [1.82, 2.24) is 4.31 Å². The van der Waals surface area contributed by atoms with Crippen molar-refractivity contribution in [2.75, 3.05) is 13.6 Å². The summed E-state index contributed by atoms with van der Waals surface area (Å²) in [7, 11) is -1.80. The zero-order valence-electron chi connectivity index (χ0n) is 10.7. The SMILES string of the molecule is Cc1ccccc1S(=O)(=O)N(C)CC1CC(O)C1. The summed E-state index contributed by atoms with van der Waals surface area (Å²) in [6.07, 6.45) is 1.16. The molecule has 0 unspecified atom stereocenters. The first-order chi connectivity index (χ1) is 8.41. The molecule has 0 spiro atoms. The molecule has 18 heavy (non-hydrogen) atoms. The van der Waals surface area contributed by atoms with Crippen LogP contribution in [-0.2, 0) is 10.0 Å². The Bertz CT molecular complexity index is 521. The van der Waals surface area contributed by atoms with Gasteiger partial charge >= 0.3 is 0 Å². The lowest BCUT2D eigenvalue weighted by Gasteiger charge is -2.34. The van der Waals surface area contributed by atoms with Crippen molar-refractivity contribution in [2.24, 2.45) is 5.92 Å². The van der Waals surface area contributed by atoms with E-state index in [4.69, 9.17) is 0 Å². The molecule has 1 fully saturated rings. The highest BCUT2D eigenvalue weighted by molar-refractivity contribution is 7.89. The van der Waals surface area contributed by atoms with Crippen molar-refractivity contribution in [3.63, 3.8) is 0 Å². The average Bonchev–Trinajstić information content (AvgIpc) is 2.27. The number of aliphatic hydroxyl groups is 1. The van der Waals surface area contributed by atoms with Gasteiger partial charge in [-0.15, -0.1) is 0 Å². The molecule has 0 heterocycles. The molecule has 2 rings (SSSR count). The summed E-state index contributed by atoms with van der Waals surface area (Å²) in [5.74, 6) is 0.281. The molecule has 0 aliphatic heterocycles. The average molecular weight is 269 g/mol. The van der Waals surface area contributed by atoms with Crippen LogP contribution < -0.4 is 0 Å². The molecule has 0 aromatic heterocycles. The van der Waals surface area contributed by atoms with Crippen LogP contribution >= 0.6 is 0 Å². The first-order valence-electron chi connectivity index (χ1n) is 6.11. The highest BCUT2D eigenvalue weighted by Crippen LogP contribution is 2.29. The van der Waals surface area contributed by atoms with E-state index in [0.717, 1.165) is 5.56 Å². The van der Waals surface area contributed by atoms with E-state index in [0.29, 0.717) is 24.3 Å². The van der Waals surface area contributed by atoms with Crippen LogP contribution in [0.2, 0.25) is 0 Å². The number of benzene rings is 1. The fraction of sp³-hybridized carbons (Fsp3) is 0.538. The van der Waals surface area contributed by atoms with E-state index in [1.165, 1.54) is 4.31 Å². The van der Waals surface area contributed by atoms with Crippen LogP contribution in [0.15, 0.2) is 29.2 Å². The largest absolute Gasteiger partial charge is 0.393 e. The zero-order chi connectivity index (χ0) is 13.3. The molecule has 5 heteroatoms. The highest BCUT2D eigenvalue weighted by Gasteiger charge is 2.32. The van der Waals surface area contributed by atoms with Gasteiger partial charge in [0.1, 0.15) is 0 Å². The number of aliphatic hydroxyl groups excluding tert-OH is 1. The van der Waals surface area contributed by atoms with Gasteiger partial charge in [0.05, 0.1) is 11.0 Å².